The van der Waals surface area contributed by atoms with Crippen molar-refractivity contribution in [2.75, 3.05) is 13.6 Å². The van der Waals surface area contributed by atoms with Crippen molar-refractivity contribution in [3.8, 4) is 0 Å². The largest absolute Gasteiger partial charge is 0.356 e. The second kappa shape index (κ2) is 12.7. The lowest BCUT2D eigenvalue weighted by atomic mass is 10.1. The van der Waals surface area contributed by atoms with Gasteiger partial charge in [0.15, 0.2) is 5.96 Å². The molecule has 1 aromatic heterocycles. The minimum Gasteiger partial charge on any atom is -0.356 e. The number of rotatable bonds is 9. The van der Waals surface area contributed by atoms with Crippen molar-refractivity contribution in [1.82, 2.24) is 20.4 Å². The van der Waals surface area contributed by atoms with E-state index in [9.17, 15) is 0 Å². The summed E-state index contributed by atoms with van der Waals surface area (Å²) in [6, 6.07) is 10.4. The number of hydrogen-bond donors (Lipinski definition) is 2. The van der Waals surface area contributed by atoms with Crippen LogP contribution >= 0.6 is 24.0 Å². The van der Waals surface area contributed by atoms with E-state index in [1.165, 1.54) is 36.8 Å². The van der Waals surface area contributed by atoms with Crippen LogP contribution in [-0.4, -0.2) is 29.3 Å². The number of nitrogens with zero attached hydrogens (tertiary/aromatic N) is 3. The summed E-state index contributed by atoms with van der Waals surface area (Å²) in [6.07, 6.45) is 8.82. The van der Waals surface area contributed by atoms with E-state index in [1.54, 1.807) is 0 Å². The fourth-order valence-corrected chi connectivity index (χ4v) is 2.61. The minimum absolute atomic E-state index is 0. The smallest absolute Gasteiger partial charge is 0.191 e. The monoisotopic (exact) mass is 455 g/mol. The quantitative estimate of drug-likeness (QED) is 0.262. The predicted octanol–water partition coefficient (Wildman–Crippen LogP) is 3.79. The molecule has 0 bridgehead atoms. The molecule has 0 radical (unpaired) electrons. The molecule has 6 heteroatoms. The number of hydrogen-bond acceptors (Lipinski definition) is 2. The number of halogens is 1. The maximum atomic E-state index is 4.30. The van der Waals surface area contributed by atoms with E-state index in [4.69, 9.17) is 0 Å². The third kappa shape index (κ3) is 7.90. The van der Waals surface area contributed by atoms with Gasteiger partial charge in [0.25, 0.3) is 0 Å². The molecule has 0 fully saturated rings. The highest BCUT2D eigenvalue weighted by Gasteiger charge is 2.04. The van der Waals surface area contributed by atoms with Gasteiger partial charge in [-0.25, -0.2) is 0 Å². The second-order valence-electron chi connectivity index (χ2n) is 5.89. The predicted molar refractivity (Wildman–Crippen MR) is 116 cm³/mol. The van der Waals surface area contributed by atoms with Crippen LogP contribution in [-0.2, 0) is 13.1 Å². The molecule has 0 saturated carbocycles. The number of aliphatic imine (C=N–C) groups is 1. The number of unbranched alkanes of at least 4 members (excludes halogenated alkanes) is 3. The van der Waals surface area contributed by atoms with Crippen LogP contribution in [0.1, 0.15) is 43.7 Å². The SMILES string of the molecule is CCCCCCNC(=NC)NCc1ccccc1Cn1cccn1.I. The summed E-state index contributed by atoms with van der Waals surface area (Å²) in [6.45, 7) is 4.74. The van der Waals surface area contributed by atoms with Crippen LogP contribution in [0.2, 0.25) is 0 Å². The van der Waals surface area contributed by atoms with Crippen LogP contribution in [0.5, 0.6) is 0 Å². The zero-order valence-corrected chi connectivity index (χ0v) is 17.6. The van der Waals surface area contributed by atoms with Crippen LogP contribution in [0, 0.1) is 0 Å². The number of guanidine groups is 1. The summed E-state index contributed by atoms with van der Waals surface area (Å²) in [4.78, 5) is 4.30. The van der Waals surface area contributed by atoms with Crippen LogP contribution in [0.25, 0.3) is 0 Å². The first kappa shape index (κ1) is 21.5. The summed E-state index contributed by atoms with van der Waals surface area (Å²) in [5, 5.41) is 11.1. The fraction of sp³-hybridized carbons (Fsp3) is 0.474. The molecule has 0 aliphatic carbocycles. The summed E-state index contributed by atoms with van der Waals surface area (Å²) in [7, 11) is 1.82. The van der Waals surface area contributed by atoms with E-state index in [0.717, 1.165) is 25.6 Å². The lowest BCUT2D eigenvalue weighted by Gasteiger charge is -2.14. The summed E-state index contributed by atoms with van der Waals surface area (Å²) in [5.74, 6) is 0.861. The molecule has 0 unspecified atom stereocenters. The molecule has 2 N–H and O–H groups in total. The zero-order chi connectivity index (χ0) is 17.0. The van der Waals surface area contributed by atoms with Crippen LogP contribution in [0.3, 0.4) is 0 Å². The van der Waals surface area contributed by atoms with Crippen molar-refractivity contribution in [3.05, 3.63) is 53.9 Å². The van der Waals surface area contributed by atoms with Gasteiger partial charge in [-0.3, -0.25) is 9.67 Å². The van der Waals surface area contributed by atoms with Crippen molar-refractivity contribution >= 4 is 29.9 Å². The number of benzene rings is 1. The van der Waals surface area contributed by atoms with Crippen LogP contribution in [0.15, 0.2) is 47.7 Å². The Bertz CT molecular complexity index is 610. The topological polar surface area (TPSA) is 54.2 Å². The molecular weight excluding hydrogens is 425 g/mol. The molecule has 1 heterocycles. The zero-order valence-electron chi connectivity index (χ0n) is 15.2. The Balaban J connectivity index is 0.00000312. The van der Waals surface area contributed by atoms with E-state index < -0.39 is 0 Å². The highest BCUT2D eigenvalue weighted by molar-refractivity contribution is 14.0. The molecule has 0 aliphatic rings. The van der Waals surface area contributed by atoms with Crippen LogP contribution in [0.4, 0.5) is 0 Å². The van der Waals surface area contributed by atoms with E-state index in [0.29, 0.717) is 0 Å². The molecule has 138 valence electrons. The number of aromatic nitrogens is 2. The minimum atomic E-state index is 0. The van der Waals surface area contributed by atoms with Gasteiger partial charge in [0.05, 0.1) is 6.54 Å². The van der Waals surface area contributed by atoms with Crippen LogP contribution < -0.4 is 10.6 Å². The third-order valence-electron chi connectivity index (χ3n) is 4.00. The Labute approximate surface area is 168 Å². The Morgan fingerprint density at radius 1 is 1.08 bits per heavy atom. The highest BCUT2D eigenvalue weighted by atomic mass is 127. The third-order valence-corrected chi connectivity index (χ3v) is 4.00. The average Bonchev–Trinajstić information content (AvgIpc) is 3.11. The van der Waals surface area contributed by atoms with Gasteiger partial charge in [0.2, 0.25) is 0 Å². The second-order valence-corrected chi connectivity index (χ2v) is 5.89. The lowest BCUT2D eigenvalue weighted by Crippen LogP contribution is -2.37. The molecule has 0 aliphatic heterocycles. The van der Waals surface area contributed by atoms with Crippen molar-refractivity contribution in [3.63, 3.8) is 0 Å². The van der Waals surface area contributed by atoms with Gasteiger partial charge < -0.3 is 10.6 Å². The van der Waals surface area contributed by atoms with E-state index in [2.05, 4.69) is 51.9 Å². The Kier molecular flexibility index (Phi) is 10.9. The fourth-order valence-electron chi connectivity index (χ4n) is 2.61. The first-order valence-electron chi connectivity index (χ1n) is 8.82. The van der Waals surface area contributed by atoms with Gasteiger partial charge in [0.1, 0.15) is 0 Å². The van der Waals surface area contributed by atoms with Gasteiger partial charge in [-0.15, -0.1) is 24.0 Å². The standard InChI is InChI=1S/C19H29N5.HI/c1-3-4-5-8-12-21-19(20-2)22-15-17-10-6-7-11-18(17)16-24-14-9-13-23-24;/h6-7,9-11,13-14H,3-5,8,12,15-16H2,1-2H3,(H2,20,21,22);1H. The Morgan fingerprint density at radius 2 is 1.88 bits per heavy atom. The van der Waals surface area contributed by atoms with Crippen molar-refractivity contribution in [2.45, 2.75) is 45.7 Å². The van der Waals surface area contributed by atoms with E-state index >= 15 is 0 Å². The maximum Gasteiger partial charge on any atom is 0.191 e. The first-order chi connectivity index (χ1) is 11.8. The summed E-state index contributed by atoms with van der Waals surface area (Å²) in [5.41, 5.74) is 2.54. The molecule has 5 nitrogen and oxygen atoms in total. The first-order valence-corrected chi connectivity index (χ1v) is 8.82. The van der Waals surface area contributed by atoms with Gasteiger partial charge in [-0.2, -0.15) is 5.10 Å². The molecule has 2 rings (SSSR count). The van der Waals surface area contributed by atoms with Gasteiger partial charge in [0, 0.05) is 32.5 Å². The molecule has 0 spiro atoms. The normalized spacial score (nSPS) is 11.0. The van der Waals surface area contributed by atoms with Crippen molar-refractivity contribution < 1.29 is 0 Å². The molecule has 1 aromatic carbocycles. The Hall–Kier alpha value is -1.57. The van der Waals surface area contributed by atoms with E-state index in [-0.39, 0.29) is 24.0 Å². The summed E-state index contributed by atoms with van der Waals surface area (Å²) < 4.78 is 1.94. The van der Waals surface area contributed by atoms with Crippen molar-refractivity contribution in [1.29, 1.82) is 0 Å². The number of nitrogens with one attached hydrogen (secondary N) is 2. The molecule has 0 saturated heterocycles. The molecular formula is C19H30IN5. The van der Waals surface area contributed by atoms with Gasteiger partial charge in [-0.1, -0.05) is 50.5 Å². The summed E-state index contributed by atoms with van der Waals surface area (Å²) >= 11 is 0. The molecule has 0 atom stereocenters. The van der Waals surface area contributed by atoms with E-state index in [1.807, 2.05) is 30.2 Å². The van der Waals surface area contributed by atoms with Gasteiger partial charge in [-0.05, 0) is 23.6 Å². The molecule has 0 amide bonds. The average molecular weight is 455 g/mol. The molecule has 2 aromatic rings. The molecule has 25 heavy (non-hydrogen) atoms. The lowest BCUT2D eigenvalue weighted by molar-refractivity contribution is 0.646. The highest BCUT2D eigenvalue weighted by Crippen LogP contribution is 2.10. The van der Waals surface area contributed by atoms with Crippen molar-refractivity contribution in [2.24, 2.45) is 4.99 Å². The van der Waals surface area contributed by atoms with Gasteiger partial charge >= 0.3 is 0 Å². The maximum absolute atomic E-state index is 4.30. The Morgan fingerprint density at radius 3 is 2.56 bits per heavy atom.